The van der Waals surface area contributed by atoms with E-state index in [9.17, 15) is 9.00 Å². The standard InChI is InChI=1S/C11H13BrN2O2S/c12-7-1-4-10(9(13)5-7)17(16)6-11(15)14-8-2-3-8/h1,4-5,8H,2-3,6,13H2,(H,14,15). The number of hydrogen-bond donors (Lipinski definition) is 2. The quantitative estimate of drug-likeness (QED) is 0.825. The van der Waals surface area contributed by atoms with Crippen LogP contribution in [0.15, 0.2) is 27.6 Å². The summed E-state index contributed by atoms with van der Waals surface area (Å²) in [4.78, 5) is 12.0. The number of rotatable bonds is 4. The number of carbonyl (C=O) groups is 1. The number of benzene rings is 1. The lowest BCUT2D eigenvalue weighted by Gasteiger charge is -2.06. The van der Waals surface area contributed by atoms with Gasteiger partial charge in [0.25, 0.3) is 0 Å². The smallest absolute Gasteiger partial charge is 0.233 e. The van der Waals surface area contributed by atoms with E-state index in [4.69, 9.17) is 5.73 Å². The summed E-state index contributed by atoms with van der Waals surface area (Å²) >= 11 is 3.28. The largest absolute Gasteiger partial charge is 0.398 e. The van der Waals surface area contributed by atoms with E-state index in [-0.39, 0.29) is 11.7 Å². The molecule has 1 unspecified atom stereocenters. The van der Waals surface area contributed by atoms with Crippen molar-refractivity contribution in [3.63, 3.8) is 0 Å². The van der Waals surface area contributed by atoms with Crippen LogP contribution in [-0.4, -0.2) is 21.9 Å². The Balaban J connectivity index is 2.00. The summed E-state index contributed by atoms with van der Waals surface area (Å²) in [6, 6.07) is 5.43. The maximum atomic E-state index is 11.9. The third-order valence-corrected chi connectivity index (χ3v) is 4.30. The molecule has 1 aromatic carbocycles. The monoisotopic (exact) mass is 316 g/mol. The molecule has 2 rings (SSSR count). The van der Waals surface area contributed by atoms with Gasteiger partial charge in [-0.3, -0.25) is 9.00 Å². The summed E-state index contributed by atoms with van der Waals surface area (Å²) < 4.78 is 12.8. The Morgan fingerprint density at radius 3 is 2.82 bits per heavy atom. The molecule has 1 fully saturated rings. The summed E-state index contributed by atoms with van der Waals surface area (Å²) in [5.41, 5.74) is 6.20. The third-order valence-electron chi connectivity index (χ3n) is 2.42. The molecule has 3 N–H and O–H groups in total. The molecule has 0 aliphatic heterocycles. The van der Waals surface area contributed by atoms with Crippen LogP contribution in [0.3, 0.4) is 0 Å². The zero-order chi connectivity index (χ0) is 12.4. The van der Waals surface area contributed by atoms with Crippen LogP contribution >= 0.6 is 15.9 Å². The zero-order valence-corrected chi connectivity index (χ0v) is 11.5. The van der Waals surface area contributed by atoms with Crippen LogP contribution in [0.25, 0.3) is 0 Å². The van der Waals surface area contributed by atoms with Crippen LogP contribution in [0.1, 0.15) is 12.8 Å². The fourth-order valence-electron chi connectivity index (χ4n) is 1.42. The van der Waals surface area contributed by atoms with Crippen molar-refractivity contribution in [2.75, 3.05) is 11.5 Å². The van der Waals surface area contributed by atoms with E-state index in [0.29, 0.717) is 16.6 Å². The molecule has 1 atom stereocenters. The molecule has 0 heterocycles. The highest BCUT2D eigenvalue weighted by Crippen LogP contribution is 2.22. The lowest BCUT2D eigenvalue weighted by Crippen LogP contribution is -2.30. The highest BCUT2D eigenvalue weighted by Gasteiger charge is 2.24. The summed E-state index contributed by atoms with van der Waals surface area (Å²) in [5.74, 6) is -0.198. The molecule has 0 spiro atoms. The summed E-state index contributed by atoms with van der Waals surface area (Å²) in [6.07, 6.45) is 2.05. The van der Waals surface area contributed by atoms with Gasteiger partial charge in [-0.05, 0) is 31.0 Å². The van der Waals surface area contributed by atoms with Crippen molar-refractivity contribution in [2.24, 2.45) is 0 Å². The Labute approximate surface area is 111 Å². The minimum atomic E-state index is -1.38. The minimum Gasteiger partial charge on any atom is -0.398 e. The molecular weight excluding hydrogens is 304 g/mol. The van der Waals surface area contributed by atoms with Gasteiger partial charge < -0.3 is 11.1 Å². The first kappa shape index (κ1) is 12.6. The molecule has 6 heteroatoms. The van der Waals surface area contributed by atoms with Gasteiger partial charge in [-0.15, -0.1) is 0 Å². The molecule has 1 aromatic rings. The Morgan fingerprint density at radius 2 is 2.24 bits per heavy atom. The normalized spacial score (nSPS) is 16.5. The lowest BCUT2D eigenvalue weighted by molar-refractivity contribution is -0.118. The van der Waals surface area contributed by atoms with Crippen molar-refractivity contribution in [3.05, 3.63) is 22.7 Å². The van der Waals surface area contributed by atoms with E-state index in [1.807, 2.05) is 0 Å². The van der Waals surface area contributed by atoms with Crippen LogP contribution in [0.5, 0.6) is 0 Å². The first-order valence-electron chi connectivity index (χ1n) is 5.29. The number of nitrogens with one attached hydrogen (secondary N) is 1. The summed E-state index contributed by atoms with van der Waals surface area (Å²) in [6.45, 7) is 0. The number of halogens is 1. The predicted molar refractivity (Wildman–Crippen MR) is 71.0 cm³/mol. The van der Waals surface area contributed by atoms with E-state index in [2.05, 4.69) is 21.2 Å². The van der Waals surface area contributed by atoms with Gasteiger partial charge in [0.15, 0.2) is 0 Å². The van der Waals surface area contributed by atoms with E-state index in [1.165, 1.54) is 0 Å². The van der Waals surface area contributed by atoms with Crippen LogP contribution in [0.4, 0.5) is 5.69 Å². The van der Waals surface area contributed by atoms with Crippen molar-refractivity contribution >= 4 is 38.3 Å². The van der Waals surface area contributed by atoms with Gasteiger partial charge in [0.1, 0.15) is 5.75 Å². The highest BCUT2D eigenvalue weighted by molar-refractivity contribution is 9.10. The van der Waals surface area contributed by atoms with Crippen LogP contribution in [0.2, 0.25) is 0 Å². The van der Waals surface area contributed by atoms with E-state index >= 15 is 0 Å². The average molecular weight is 317 g/mol. The summed E-state index contributed by atoms with van der Waals surface area (Å²) in [5, 5.41) is 2.80. The fourth-order valence-corrected chi connectivity index (χ4v) is 2.82. The molecule has 4 nitrogen and oxygen atoms in total. The third kappa shape index (κ3) is 3.54. The first-order valence-corrected chi connectivity index (χ1v) is 7.40. The number of carbonyl (C=O) groups excluding carboxylic acids is 1. The fraction of sp³-hybridized carbons (Fsp3) is 0.364. The van der Waals surface area contributed by atoms with E-state index < -0.39 is 10.8 Å². The van der Waals surface area contributed by atoms with Crippen LogP contribution in [0, 0.1) is 0 Å². The molecule has 0 aromatic heterocycles. The number of nitrogens with two attached hydrogens (primary N) is 1. The molecule has 1 aliphatic carbocycles. The SMILES string of the molecule is Nc1cc(Br)ccc1S(=O)CC(=O)NC1CC1. The van der Waals surface area contributed by atoms with Gasteiger partial charge in [-0.2, -0.15) is 0 Å². The second kappa shape index (κ2) is 5.18. The van der Waals surface area contributed by atoms with Crippen molar-refractivity contribution in [1.82, 2.24) is 5.32 Å². The van der Waals surface area contributed by atoms with Gasteiger partial charge >= 0.3 is 0 Å². The topological polar surface area (TPSA) is 72.2 Å². The van der Waals surface area contributed by atoms with E-state index in [1.54, 1.807) is 18.2 Å². The molecule has 0 saturated heterocycles. The molecule has 92 valence electrons. The molecule has 0 radical (unpaired) electrons. The zero-order valence-electron chi connectivity index (χ0n) is 9.11. The van der Waals surface area contributed by atoms with Gasteiger partial charge in [0.05, 0.1) is 15.7 Å². The lowest BCUT2D eigenvalue weighted by atomic mass is 10.3. The average Bonchev–Trinajstić information content (AvgIpc) is 3.00. The molecule has 1 saturated carbocycles. The number of amides is 1. The van der Waals surface area contributed by atoms with Crippen molar-refractivity contribution < 1.29 is 9.00 Å². The highest BCUT2D eigenvalue weighted by atomic mass is 79.9. The summed E-state index contributed by atoms with van der Waals surface area (Å²) in [7, 11) is -1.38. The molecule has 0 bridgehead atoms. The second-order valence-corrected chi connectivity index (χ2v) is 6.35. The Morgan fingerprint density at radius 1 is 1.53 bits per heavy atom. The van der Waals surface area contributed by atoms with Crippen molar-refractivity contribution in [1.29, 1.82) is 0 Å². The van der Waals surface area contributed by atoms with Crippen molar-refractivity contribution in [2.45, 2.75) is 23.8 Å². The van der Waals surface area contributed by atoms with Gasteiger partial charge in [-0.25, -0.2) is 0 Å². The number of hydrogen-bond acceptors (Lipinski definition) is 3. The molecule has 1 aliphatic rings. The maximum Gasteiger partial charge on any atom is 0.233 e. The molecule has 1 amide bonds. The maximum absolute atomic E-state index is 11.9. The second-order valence-electron chi connectivity index (χ2n) is 4.01. The van der Waals surface area contributed by atoms with Gasteiger partial charge in [0.2, 0.25) is 5.91 Å². The first-order chi connectivity index (χ1) is 8.06. The minimum absolute atomic E-state index is 0.0255. The van der Waals surface area contributed by atoms with E-state index in [0.717, 1.165) is 17.3 Å². The van der Waals surface area contributed by atoms with Gasteiger partial charge in [0, 0.05) is 16.2 Å². The van der Waals surface area contributed by atoms with Crippen LogP contribution in [-0.2, 0) is 15.6 Å². The number of nitrogen functional groups attached to an aromatic ring is 1. The molecule has 17 heavy (non-hydrogen) atoms. The Kier molecular flexibility index (Phi) is 3.83. The molecular formula is C11H13BrN2O2S. The van der Waals surface area contributed by atoms with Gasteiger partial charge in [-0.1, -0.05) is 15.9 Å². The Hall–Kier alpha value is -0.880. The van der Waals surface area contributed by atoms with Crippen LogP contribution < -0.4 is 11.1 Å². The Bertz CT molecular complexity index is 475. The van der Waals surface area contributed by atoms with Crippen molar-refractivity contribution in [3.8, 4) is 0 Å². The number of anilines is 1. The predicted octanol–water partition coefficient (Wildman–Crippen LogP) is 1.42.